The predicted molar refractivity (Wildman–Crippen MR) is 81.4 cm³/mol. The number of nitrogens with zero attached hydrogens (tertiary/aromatic N) is 2. The molecule has 0 bridgehead atoms. The third kappa shape index (κ3) is 5.36. The van der Waals surface area contributed by atoms with Gasteiger partial charge in [-0.25, -0.2) is 4.98 Å². The normalized spacial score (nSPS) is 12.2. The van der Waals surface area contributed by atoms with Crippen molar-refractivity contribution in [1.29, 1.82) is 0 Å². The van der Waals surface area contributed by atoms with E-state index in [1.807, 2.05) is 6.20 Å². The third-order valence-electron chi connectivity index (χ3n) is 2.57. The van der Waals surface area contributed by atoms with E-state index in [-0.39, 0.29) is 5.54 Å². The minimum Gasteiger partial charge on any atom is -0.348 e. The van der Waals surface area contributed by atoms with Crippen molar-refractivity contribution in [3.63, 3.8) is 0 Å². The second-order valence-corrected chi connectivity index (χ2v) is 7.24. The van der Waals surface area contributed by atoms with Crippen LogP contribution in [0, 0.1) is 5.92 Å². The largest absolute Gasteiger partial charge is 0.348 e. The van der Waals surface area contributed by atoms with Crippen molar-refractivity contribution >= 4 is 16.5 Å². The molecular weight excluding hydrogens is 242 g/mol. The van der Waals surface area contributed by atoms with Gasteiger partial charge in [0.1, 0.15) is 0 Å². The Hall–Kier alpha value is -0.610. The molecule has 0 aliphatic carbocycles. The molecule has 0 atom stereocenters. The van der Waals surface area contributed by atoms with Gasteiger partial charge in [-0.15, -0.1) is 11.3 Å². The summed E-state index contributed by atoms with van der Waals surface area (Å²) in [7, 11) is 0. The predicted octanol–water partition coefficient (Wildman–Crippen LogP) is 3.51. The molecule has 0 radical (unpaired) electrons. The molecule has 0 aliphatic heterocycles. The zero-order valence-electron chi connectivity index (χ0n) is 12.6. The summed E-state index contributed by atoms with van der Waals surface area (Å²) in [5, 5.41) is 4.65. The molecule has 1 rings (SSSR count). The van der Waals surface area contributed by atoms with Crippen molar-refractivity contribution in [1.82, 2.24) is 10.3 Å². The molecule has 104 valence electrons. The monoisotopic (exact) mass is 269 g/mol. The van der Waals surface area contributed by atoms with Crippen LogP contribution in [-0.2, 0) is 6.54 Å². The number of nitrogens with one attached hydrogen (secondary N) is 1. The Morgan fingerprint density at radius 1 is 1.39 bits per heavy atom. The lowest BCUT2D eigenvalue weighted by Crippen LogP contribution is -2.34. The quantitative estimate of drug-likeness (QED) is 0.856. The van der Waals surface area contributed by atoms with Crippen LogP contribution in [0.15, 0.2) is 6.20 Å². The first-order chi connectivity index (χ1) is 8.31. The van der Waals surface area contributed by atoms with Crippen molar-refractivity contribution in [3.8, 4) is 0 Å². The fraction of sp³-hybridized carbons (Fsp3) is 0.786. The van der Waals surface area contributed by atoms with Gasteiger partial charge in [0.15, 0.2) is 5.13 Å². The average molecular weight is 269 g/mol. The van der Waals surface area contributed by atoms with E-state index in [0.717, 1.165) is 24.8 Å². The Kier molecular flexibility index (Phi) is 5.60. The molecule has 3 nitrogen and oxygen atoms in total. The number of hydrogen-bond acceptors (Lipinski definition) is 4. The zero-order valence-corrected chi connectivity index (χ0v) is 13.4. The molecule has 1 heterocycles. The lowest BCUT2D eigenvalue weighted by atomic mass is 10.1. The molecule has 0 saturated carbocycles. The highest BCUT2D eigenvalue weighted by atomic mass is 32.1. The van der Waals surface area contributed by atoms with Crippen molar-refractivity contribution < 1.29 is 0 Å². The summed E-state index contributed by atoms with van der Waals surface area (Å²) < 4.78 is 0. The lowest BCUT2D eigenvalue weighted by molar-refractivity contribution is 0.426. The van der Waals surface area contributed by atoms with Gasteiger partial charge in [0.25, 0.3) is 0 Å². The van der Waals surface area contributed by atoms with Crippen molar-refractivity contribution in [2.75, 3.05) is 18.0 Å². The first-order valence-corrected chi connectivity index (χ1v) is 7.58. The molecule has 0 aliphatic rings. The van der Waals surface area contributed by atoms with Crippen LogP contribution in [0.2, 0.25) is 0 Å². The first-order valence-electron chi connectivity index (χ1n) is 6.76. The highest BCUT2D eigenvalue weighted by molar-refractivity contribution is 7.15. The Morgan fingerprint density at radius 3 is 2.56 bits per heavy atom. The van der Waals surface area contributed by atoms with Gasteiger partial charge in [-0.3, -0.25) is 0 Å². The van der Waals surface area contributed by atoms with Gasteiger partial charge in [-0.1, -0.05) is 13.8 Å². The fourth-order valence-corrected chi connectivity index (χ4v) is 2.58. The van der Waals surface area contributed by atoms with Crippen LogP contribution in [0.25, 0.3) is 0 Å². The SMILES string of the molecule is CCN(CC(C)C)c1ncc(CNC(C)(C)C)s1. The third-order valence-corrected chi connectivity index (χ3v) is 3.63. The molecule has 0 amide bonds. The van der Waals surface area contributed by atoms with Gasteiger partial charge in [-0.2, -0.15) is 0 Å². The molecule has 0 unspecified atom stereocenters. The Morgan fingerprint density at radius 2 is 2.06 bits per heavy atom. The minimum absolute atomic E-state index is 0.159. The van der Waals surface area contributed by atoms with Crippen molar-refractivity contribution in [2.45, 2.75) is 53.6 Å². The molecule has 0 fully saturated rings. The van der Waals surface area contributed by atoms with Gasteiger partial charge in [-0.05, 0) is 33.6 Å². The summed E-state index contributed by atoms with van der Waals surface area (Å²) in [5.41, 5.74) is 0.159. The Labute approximate surface area is 116 Å². The summed E-state index contributed by atoms with van der Waals surface area (Å²) in [4.78, 5) is 8.21. The van der Waals surface area contributed by atoms with Crippen LogP contribution in [0.1, 0.15) is 46.4 Å². The maximum absolute atomic E-state index is 4.55. The van der Waals surface area contributed by atoms with E-state index in [9.17, 15) is 0 Å². The maximum Gasteiger partial charge on any atom is 0.185 e. The minimum atomic E-state index is 0.159. The molecule has 0 spiro atoms. The molecule has 1 N–H and O–H groups in total. The lowest BCUT2D eigenvalue weighted by Gasteiger charge is -2.22. The van der Waals surface area contributed by atoms with Crippen LogP contribution in [0.4, 0.5) is 5.13 Å². The standard InChI is InChI=1S/C14H27N3S/c1-7-17(10-11(2)3)13-15-8-12(18-13)9-16-14(4,5)6/h8,11,16H,7,9-10H2,1-6H3. The van der Waals surface area contributed by atoms with Crippen LogP contribution in [0.3, 0.4) is 0 Å². The van der Waals surface area contributed by atoms with Gasteiger partial charge < -0.3 is 10.2 Å². The van der Waals surface area contributed by atoms with Gasteiger partial charge in [0.2, 0.25) is 0 Å². The van der Waals surface area contributed by atoms with Crippen LogP contribution < -0.4 is 10.2 Å². The molecular formula is C14H27N3S. The van der Waals surface area contributed by atoms with E-state index in [0.29, 0.717) is 5.92 Å². The van der Waals surface area contributed by atoms with Crippen LogP contribution in [-0.4, -0.2) is 23.6 Å². The smallest absolute Gasteiger partial charge is 0.185 e. The molecule has 4 heteroatoms. The number of aromatic nitrogens is 1. The summed E-state index contributed by atoms with van der Waals surface area (Å²) in [6, 6.07) is 0. The summed E-state index contributed by atoms with van der Waals surface area (Å²) >= 11 is 1.80. The van der Waals surface area contributed by atoms with E-state index >= 15 is 0 Å². The molecule has 18 heavy (non-hydrogen) atoms. The molecule has 1 aromatic rings. The number of anilines is 1. The zero-order chi connectivity index (χ0) is 13.8. The fourth-order valence-electron chi connectivity index (χ4n) is 1.66. The summed E-state index contributed by atoms with van der Waals surface area (Å²) in [5.74, 6) is 0.671. The second kappa shape index (κ2) is 6.53. The highest BCUT2D eigenvalue weighted by Crippen LogP contribution is 2.23. The number of rotatable bonds is 6. The van der Waals surface area contributed by atoms with E-state index in [4.69, 9.17) is 0 Å². The van der Waals surface area contributed by atoms with Gasteiger partial charge >= 0.3 is 0 Å². The number of thiazole rings is 1. The van der Waals surface area contributed by atoms with E-state index in [1.54, 1.807) is 11.3 Å². The summed E-state index contributed by atoms with van der Waals surface area (Å²) in [6.45, 7) is 16.3. The van der Waals surface area contributed by atoms with E-state index in [1.165, 1.54) is 4.88 Å². The average Bonchev–Trinajstić information content (AvgIpc) is 2.70. The first kappa shape index (κ1) is 15.4. The van der Waals surface area contributed by atoms with Crippen LogP contribution in [0.5, 0.6) is 0 Å². The van der Waals surface area contributed by atoms with E-state index < -0.39 is 0 Å². The van der Waals surface area contributed by atoms with E-state index in [2.05, 4.69) is 56.7 Å². The second-order valence-electron chi connectivity index (χ2n) is 6.15. The topological polar surface area (TPSA) is 28.2 Å². The number of hydrogen-bond donors (Lipinski definition) is 1. The molecule has 0 saturated heterocycles. The van der Waals surface area contributed by atoms with Crippen molar-refractivity contribution in [2.24, 2.45) is 5.92 Å². The molecule has 1 aromatic heterocycles. The molecule has 0 aromatic carbocycles. The van der Waals surface area contributed by atoms with Crippen LogP contribution >= 0.6 is 11.3 Å². The Bertz CT molecular complexity index is 352. The van der Waals surface area contributed by atoms with Gasteiger partial charge in [0.05, 0.1) is 0 Å². The Balaban J connectivity index is 2.61. The highest BCUT2D eigenvalue weighted by Gasteiger charge is 2.13. The summed E-state index contributed by atoms with van der Waals surface area (Å²) in [6.07, 6.45) is 2.00. The van der Waals surface area contributed by atoms with Crippen molar-refractivity contribution in [3.05, 3.63) is 11.1 Å². The maximum atomic E-state index is 4.55. The van der Waals surface area contributed by atoms with Gasteiger partial charge in [0, 0.05) is 36.2 Å².